The molecular formula is C16H21NO2. The third-order valence-electron chi connectivity index (χ3n) is 4.88. The van der Waals surface area contributed by atoms with Crippen LogP contribution in [0.3, 0.4) is 0 Å². The Labute approximate surface area is 114 Å². The Balaban J connectivity index is 2.09. The molecule has 0 amide bonds. The number of likely N-dealkylation sites (tertiary alicyclic amines) is 1. The van der Waals surface area contributed by atoms with E-state index in [0.717, 1.165) is 19.4 Å². The van der Waals surface area contributed by atoms with Gasteiger partial charge in [-0.25, -0.2) is 0 Å². The van der Waals surface area contributed by atoms with Gasteiger partial charge in [-0.05, 0) is 37.6 Å². The molecule has 1 aromatic rings. The average molecular weight is 259 g/mol. The van der Waals surface area contributed by atoms with Crippen molar-refractivity contribution >= 4 is 5.97 Å². The van der Waals surface area contributed by atoms with Gasteiger partial charge >= 0.3 is 5.97 Å². The average Bonchev–Trinajstić information content (AvgIpc) is 2.37. The Morgan fingerprint density at radius 1 is 1.42 bits per heavy atom. The molecule has 1 heterocycles. The van der Waals surface area contributed by atoms with E-state index in [1.54, 1.807) is 0 Å². The number of benzene rings is 1. The summed E-state index contributed by atoms with van der Waals surface area (Å²) in [4.78, 5) is 13.8. The molecule has 0 aromatic heterocycles. The van der Waals surface area contributed by atoms with E-state index in [-0.39, 0.29) is 17.5 Å². The number of hydrogen-bond donors (Lipinski definition) is 0. The van der Waals surface area contributed by atoms with Crippen molar-refractivity contribution in [2.24, 2.45) is 0 Å². The van der Waals surface area contributed by atoms with Crippen molar-refractivity contribution in [1.82, 2.24) is 4.90 Å². The maximum Gasteiger partial charge on any atom is 0.302 e. The highest BCUT2D eigenvalue weighted by Crippen LogP contribution is 2.45. The number of fused-ring (bicyclic) bond motifs is 4. The lowest BCUT2D eigenvalue weighted by Crippen LogP contribution is -2.62. The highest BCUT2D eigenvalue weighted by molar-refractivity contribution is 5.66. The van der Waals surface area contributed by atoms with E-state index in [2.05, 4.69) is 43.1 Å². The number of piperidine rings is 1. The Kier molecular flexibility index (Phi) is 2.90. The van der Waals surface area contributed by atoms with Crippen LogP contribution >= 0.6 is 0 Å². The third kappa shape index (κ3) is 1.88. The van der Waals surface area contributed by atoms with E-state index in [4.69, 9.17) is 4.74 Å². The zero-order valence-corrected chi connectivity index (χ0v) is 11.8. The number of ether oxygens (including phenoxy) is 1. The molecule has 3 atom stereocenters. The summed E-state index contributed by atoms with van der Waals surface area (Å²) in [5.74, 6) is -0.170. The number of likely N-dealkylation sites (N-methyl/N-ethyl adjacent to an activating group) is 1. The zero-order valence-electron chi connectivity index (χ0n) is 11.8. The second-order valence-electron chi connectivity index (χ2n) is 6.11. The molecule has 0 spiro atoms. The molecule has 0 radical (unpaired) electrons. The van der Waals surface area contributed by atoms with Crippen molar-refractivity contribution in [2.75, 3.05) is 13.6 Å². The van der Waals surface area contributed by atoms with Gasteiger partial charge in [-0.3, -0.25) is 9.69 Å². The first-order valence-corrected chi connectivity index (χ1v) is 6.98. The lowest BCUT2D eigenvalue weighted by Gasteiger charge is -2.53. The lowest BCUT2D eigenvalue weighted by molar-refractivity contribution is -0.159. The van der Waals surface area contributed by atoms with E-state index < -0.39 is 0 Å². The van der Waals surface area contributed by atoms with Crippen LogP contribution in [-0.4, -0.2) is 36.6 Å². The minimum absolute atomic E-state index is 0.0290. The predicted octanol–water partition coefficient (Wildman–Crippen LogP) is 2.14. The van der Waals surface area contributed by atoms with Crippen molar-refractivity contribution in [2.45, 2.75) is 44.2 Å². The monoisotopic (exact) mass is 259 g/mol. The van der Waals surface area contributed by atoms with Gasteiger partial charge in [0.2, 0.25) is 0 Å². The number of nitrogens with zero attached hydrogens (tertiary/aromatic N) is 1. The molecule has 102 valence electrons. The quantitative estimate of drug-likeness (QED) is 0.724. The van der Waals surface area contributed by atoms with Crippen LogP contribution in [0.2, 0.25) is 0 Å². The highest BCUT2D eigenvalue weighted by Gasteiger charge is 2.51. The summed E-state index contributed by atoms with van der Waals surface area (Å²) in [7, 11) is 2.13. The van der Waals surface area contributed by atoms with E-state index in [1.165, 1.54) is 18.1 Å². The Morgan fingerprint density at radius 3 is 2.89 bits per heavy atom. The molecule has 1 unspecified atom stereocenters. The molecular weight excluding hydrogens is 238 g/mol. The summed E-state index contributed by atoms with van der Waals surface area (Å²) in [6.45, 7) is 4.82. The van der Waals surface area contributed by atoms with Crippen molar-refractivity contribution in [1.29, 1.82) is 0 Å². The van der Waals surface area contributed by atoms with Crippen LogP contribution in [0, 0.1) is 0 Å². The summed E-state index contributed by atoms with van der Waals surface area (Å²) in [5, 5.41) is 0. The Morgan fingerprint density at radius 2 is 2.16 bits per heavy atom. The fourth-order valence-corrected chi connectivity index (χ4v) is 3.79. The fourth-order valence-electron chi connectivity index (χ4n) is 3.79. The number of hydrogen-bond acceptors (Lipinski definition) is 3. The second kappa shape index (κ2) is 4.34. The van der Waals surface area contributed by atoms with Crippen LogP contribution in [0.5, 0.6) is 0 Å². The van der Waals surface area contributed by atoms with Crippen LogP contribution in [0.4, 0.5) is 0 Å². The summed E-state index contributed by atoms with van der Waals surface area (Å²) >= 11 is 0. The van der Waals surface area contributed by atoms with Gasteiger partial charge in [0.05, 0.1) is 6.04 Å². The SMILES string of the molecule is CC(=O)O[C@H]1C2Cc3ccccc3[C@@]1(C)CCN2C. The standard InChI is InChI=1S/C16H21NO2/c1-11(18)19-15-14-10-12-6-4-5-7-13(12)16(15,2)8-9-17(14)3/h4-7,14-15H,8-10H2,1-3H3/t14?,15-,16+/m0/s1. The number of esters is 1. The largest absolute Gasteiger partial charge is 0.460 e. The van der Waals surface area contributed by atoms with Crippen LogP contribution in [-0.2, 0) is 21.4 Å². The summed E-state index contributed by atoms with van der Waals surface area (Å²) in [5.41, 5.74) is 2.73. The van der Waals surface area contributed by atoms with Crippen LogP contribution < -0.4 is 0 Å². The van der Waals surface area contributed by atoms with Crippen LogP contribution in [0.25, 0.3) is 0 Å². The predicted molar refractivity (Wildman–Crippen MR) is 74.1 cm³/mol. The molecule has 19 heavy (non-hydrogen) atoms. The van der Waals surface area contributed by atoms with Crippen LogP contribution in [0.15, 0.2) is 24.3 Å². The van der Waals surface area contributed by atoms with E-state index in [1.807, 2.05) is 0 Å². The van der Waals surface area contributed by atoms with E-state index >= 15 is 0 Å². The normalized spacial score (nSPS) is 33.6. The topological polar surface area (TPSA) is 29.5 Å². The van der Waals surface area contributed by atoms with Gasteiger partial charge in [-0.2, -0.15) is 0 Å². The van der Waals surface area contributed by atoms with Gasteiger partial charge in [0.25, 0.3) is 0 Å². The first-order valence-electron chi connectivity index (χ1n) is 6.98. The second-order valence-corrected chi connectivity index (χ2v) is 6.11. The van der Waals surface area contributed by atoms with Gasteiger partial charge in [0, 0.05) is 12.3 Å². The van der Waals surface area contributed by atoms with Gasteiger partial charge in [0.1, 0.15) is 6.10 Å². The van der Waals surface area contributed by atoms with E-state index in [0.29, 0.717) is 6.04 Å². The highest BCUT2D eigenvalue weighted by atomic mass is 16.5. The number of carbonyl (C=O) groups excluding carboxylic acids is 1. The van der Waals surface area contributed by atoms with Crippen molar-refractivity contribution in [3.63, 3.8) is 0 Å². The summed E-state index contributed by atoms with van der Waals surface area (Å²) in [6, 6.07) is 8.91. The molecule has 1 aliphatic heterocycles. The Bertz CT molecular complexity index is 513. The van der Waals surface area contributed by atoms with Crippen molar-refractivity contribution in [3.05, 3.63) is 35.4 Å². The maximum absolute atomic E-state index is 11.5. The molecule has 1 aromatic carbocycles. The maximum atomic E-state index is 11.5. The molecule has 0 saturated carbocycles. The van der Waals surface area contributed by atoms with Crippen molar-refractivity contribution < 1.29 is 9.53 Å². The molecule has 3 rings (SSSR count). The van der Waals surface area contributed by atoms with E-state index in [9.17, 15) is 4.79 Å². The smallest absolute Gasteiger partial charge is 0.302 e. The number of carbonyl (C=O) groups is 1. The van der Waals surface area contributed by atoms with Crippen molar-refractivity contribution in [3.8, 4) is 0 Å². The minimum atomic E-state index is -0.170. The molecule has 2 bridgehead atoms. The fraction of sp³-hybridized carbons (Fsp3) is 0.562. The summed E-state index contributed by atoms with van der Waals surface area (Å²) < 4.78 is 5.71. The van der Waals surface area contributed by atoms with Crippen LogP contribution in [0.1, 0.15) is 31.4 Å². The molecule has 1 fully saturated rings. The zero-order chi connectivity index (χ0) is 13.6. The van der Waals surface area contributed by atoms with Gasteiger partial charge in [-0.1, -0.05) is 31.2 Å². The van der Waals surface area contributed by atoms with Gasteiger partial charge in [-0.15, -0.1) is 0 Å². The Hall–Kier alpha value is -1.35. The molecule has 2 aliphatic rings. The molecule has 3 heteroatoms. The molecule has 0 N–H and O–H groups in total. The molecule has 1 saturated heterocycles. The van der Waals surface area contributed by atoms with Gasteiger partial charge in [0.15, 0.2) is 0 Å². The lowest BCUT2D eigenvalue weighted by atomic mass is 9.63. The number of rotatable bonds is 1. The molecule has 1 aliphatic carbocycles. The first-order chi connectivity index (χ1) is 9.02. The van der Waals surface area contributed by atoms with Gasteiger partial charge < -0.3 is 4.74 Å². The summed E-state index contributed by atoms with van der Waals surface area (Å²) in [6.07, 6.45) is 1.98. The third-order valence-corrected chi connectivity index (χ3v) is 4.88. The first kappa shape index (κ1) is 12.7. The minimum Gasteiger partial charge on any atom is -0.460 e. The molecule has 3 nitrogen and oxygen atoms in total.